The molecule has 1 heterocycles. The van der Waals surface area contributed by atoms with E-state index < -0.39 is 0 Å². The summed E-state index contributed by atoms with van der Waals surface area (Å²) in [6.07, 6.45) is 1.53. The third-order valence-corrected chi connectivity index (χ3v) is 2.23. The number of halogens is 1. The lowest BCUT2D eigenvalue weighted by atomic mass is 10.4. The second-order valence-electron chi connectivity index (χ2n) is 2.90. The van der Waals surface area contributed by atoms with E-state index in [9.17, 15) is 0 Å². The number of methoxy groups -OCH3 is 1. The van der Waals surface area contributed by atoms with Crippen LogP contribution in [0.4, 0.5) is 5.82 Å². The van der Waals surface area contributed by atoms with Crippen LogP contribution in [0, 0.1) is 0 Å². The largest absolute Gasteiger partial charge is 0.467 e. The smallest absolute Gasteiger partial charge is 0.318 e. The van der Waals surface area contributed by atoms with Crippen molar-refractivity contribution in [1.29, 1.82) is 0 Å². The maximum absolute atomic E-state index is 6.00. The molecule has 2 N–H and O–H groups in total. The quantitative estimate of drug-likeness (QED) is 0.815. The maximum atomic E-state index is 6.00. The van der Waals surface area contributed by atoms with Crippen LogP contribution in [-0.4, -0.2) is 36.7 Å². The van der Waals surface area contributed by atoms with Crippen LogP contribution < -0.4 is 15.4 Å². The van der Waals surface area contributed by atoms with Crippen LogP contribution in [0.1, 0.15) is 6.92 Å². The Morgan fingerprint density at radius 2 is 2.33 bits per heavy atom. The molecule has 0 spiro atoms. The van der Waals surface area contributed by atoms with Gasteiger partial charge in [0.2, 0.25) is 0 Å². The summed E-state index contributed by atoms with van der Waals surface area (Å²) < 4.78 is 4.94. The van der Waals surface area contributed by atoms with Crippen molar-refractivity contribution in [2.75, 3.05) is 31.6 Å². The summed E-state index contributed by atoms with van der Waals surface area (Å²) in [6.45, 7) is 4.06. The molecular weight excluding hydrogens is 216 g/mol. The van der Waals surface area contributed by atoms with Crippen molar-refractivity contribution in [3.8, 4) is 6.01 Å². The van der Waals surface area contributed by atoms with Crippen LogP contribution in [0.15, 0.2) is 6.20 Å². The molecular formula is C9H15ClN4O. The minimum Gasteiger partial charge on any atom is -0.467 e. The van der Waals surface area contributed by atoms with E-state index in [1.165, 1.54) is 13.3 Å². The minimum absolute atomic E-state index is 0.310. The summed E-state index contributed by atoms with van der Waals surface area (Å²) in [7, 11) is 1.52. The number of nitrogens with zero attached hydrogens (tertiary/aromatic N) is 3. The van der Waals surface area contributed by atoms with E-state index in [4.69, 9.17) is 22.1 Å². The highest BCUT2D eigenvalue weighted by Gasteiger charge is 2.11. The summed E-state index contributed by atoms with van der Waals surface area (Å²) in [4.78, 5) is 10.1. The van der Waals surface area contributed by atoms with Gasteiger partial charge in [-0.1, -0.05) is 11.6 Å². The standard InChI is InChI=1S/C9H15ClN4O/c1-3-14(5-4-11)8-7(10)6-12-9(13-8)15-2/h6H,3-5,11H2,1-2H3. The second kappa shape index (κ2) is 5.72. The fourth-order valence-electron chi connectivity index (χ4n) is 1.23. The van der Waals surface area contributed by atoms with E-state index in [1.807, 2.05) is 11.8 Å². The average Bonchev–Trinajstić information content (AvgIpc) is 2.27. The zero-order valence-corrected chi connectivity index (χ0v) is 9.66. The van der Waals surface area contributed by atoms with Gasteiger partial charge in [0.05, 0.1) is 13.3 Å². The summed E-state index contributed by atoms with van der Waals surface area (Å²) in [6, 6.07) is 0.310. The molecule has 0 aliphatic heterocycles. The first-order valence-electron chi connectivity index (χ1n) is 4.74. The molecule has 5 nitrogen and oxygen atoms in total. The molecule has 0 saturated carbocycles. The number of ether oxygens (including phenoxy) is 1. The molecule has 6 heteroatoms. The zero-order valence-electron chi connectivity index (χ0n) is 8.90. The van der Waals surface area contributed by atoms with Crippen molar-refractivity contribution < 1.29 is 4.74 Å². The number of nitrogens with two attached hydrogens (primary N) is 1. The Bertz CT molecular complexity index is 321. The van der Waals surface area contributed by atoms with Crippen LogP contribution >= 0.6 is 11.6 Å². The van der Waals surface area contributed by atoms with Gasteiger partial charge in [0, 0.05) is 19.6 Å². The Labute approximate surface area is 94.2 Å². The maximum Gasteiger partial charge on any atom is 0.318 e. The molecule has 0 unspecified atom stereocenters. The number of hydrogen-bond donors (Lipinski definition) is 1. The lowest BCUT2D eigenvalue weighted by Gasteiger charge is -2.21. The highest BCUT2D eigenvalue weighted by molar-refractivity contribution is 6.32. The summed E-state index contributed by atoms with van der Waals surface area (Å²) in [5.41, 5.74) is 5.50. The van der Waals surface area contributed by atoms with Gasteiger partial charge >= 0.3 is 6.01 Å². The summed E-state index contributed by atoms with van der Waals surface area (Å²) in [5, 5.41) is 0.506. The lowest BCUT2D eigenvalue weighted by molar-refractivity contribution is 0.379. The number of anilines is 1. The molecule has 0 bridgehead atoms. The summed E-state index contributed by atoms with van der Waals surface area (Å²) in [5.74, 6) is 0.663. The molecule has 0 amide bonds. The molecule has 0 aliphatic carbocycles. The van der Waals surface area contributed by atoms with Crippen molar-refractivity contribution in [3.63, 3.8) is 0 Å². The predicted octanol–water partition coefficient (Wildman–Crippen LogP) is 0.924. The van der Waals surface area contributed by atoms with Crippen LogP contribution in [0.25, 0.3) is 0 Å². The Kier molecular flexibility index (Phi) is 4.58. The molecule has 0 fully saturated rings. The van der Waals surface area contributed by atoms with E-state index in [2.05, 4.69) is 9.97 Å². The van der Waals surface area contributed by atoms with E-state index in [1.54, 1.807) is 0 Å². The monoisotopic (exact) mass is 230 g/mol. The predicted molar refractivity (Wildman–Crippen MR) is 60.5 cm³/mol. The molecule has 1 aromatic rings. The Balaban J connectivity index is 2.98. The molecule has 0 aliphatic rings. The SMILES string of the molecule is CCN(CCN)c1nc(OC)ncc1Cl. The Morgan fingerprint density at radius 3 is 2.87 bits per heavy atom. The fraction of sp³-hybridized carbons (Fsp3) is 0.556. The van der Waals surface area contributed by atoms with E-state index in [0.717, 1.165) is 6.54 Å². The molecule has 0 aromatic carbocycles. The molecule has 0 saturated heterocycles. The number of hydrogen-bond acceptors (Lipinski definition) is 5. The van der Waals surface area contributed by atoms with Gasteiger partial charge < -0.3 is 15.4 Å². The topological polar surface area (TPSA) is 64.3 Å². The third-order valence-electron chi connectivity index (χ3n) is 1.97. The van der Waals surface area contributed by atoms with Crippen LogP contribution in [0.5, 0.6) is 6.01 Å². The van der Waals surface area contributed by atoms with Gasteiger partial charge in [-0.05, 0) is 6.92 Å². The Hall–Kier alpha value is -1.07. The van der Waals surface area contributed by atoms with Crippen LogP contribution in [0.3, 0.4) is 0 Å². The van der Waals surface area contributed by atoms with Gasteiger partial charge in [-0.15, -0.1) is 0 Å². The fourth-order valence-corrected chi connectivity index (χ4v) is 1.44. The zero-order chi connectivity index (χ0) is 11.3. The van der Waals surface area contributed by atoms with E-state index in [0.29, 0.717) is 29.9 Å². The first-order chi connectivity index (χ1) is 7.22. The van der Waals surface area contributed by atoms with Crippen molar-refractivity contribution in [2.45, 2.75) is 6.92 Å². The van der Waals surface area contributed by atoms with Crippen LogP contribution in [0.2, 0.25) is 5.02 Å². The molecule has 0 atom stereocenters. The Morgan fingerprint density at radius 1 is 1.60 bits per heavy atom. The first-order valence-corrected chi connectivity index (χ1v) is 5.12. The van der Waals surface area contributed by atoms with E-state index in [-0.39, 0.29) is 0 Å². The minimum atomic E-state index is 0.310. The number of likely N-dealkylation sites (N-methyl/N-ethyl adjacent to an activating group) is 1. The first kappa shape index (κ1) is 12.0. The molecule has 84 valence electrons. The van der Waals surface area contributed by atoms with E-state index >= 15 is 0 Å². The van der Waals surface area contributed by atoms with Gasteiger partial charge in [-0.3, -0.25) is 0 Å². The van der Waals surface area contributed by atoms with Crippen molar-refractivity contribution >= 4 is 17.4 Å². The summed E-state index contributed by atoms with van der Waals surface area (Å²) >= 11 is 6.00. The van der Waals surface area contributed by atoms with Gasteiger partial charge in [0.1, 0.15) is 5.02 Å². The number of rotatable bonds is 5. The van der Waals surface area contributed by atoms with Crippen molar-refractivity contribution in [1.82, 2.24) is 9.97 Å². The molecule has 0 radical (unpaired) electrons. The normalized spacial score (nSPS) is 10.1. The third kappa shape index (κ3) is 2.94. The average molecular weight is 231 g/mol. The second-order valence-corrected chi connectivity index (χ2v) is 3.30. The van der Waals surface area contributed by atoms with Crippen LogP contribution in [-0.2, 0) is 0 Å². The highest BCUT2D eigenvalue weighted by Crippen LogP contribution is 2.23. The van der Waals surface area contributed by atoms with Crippen molar-refractivity contribution in [3.05, 3.63) is 11.2 Å². The van der Waals surface area contributed by atoms with Gasteiger partial charge in [0.15, 0.2) is 5.82 Å². The molecule has 1 aromatic heterocycles. The van der Waals surface area contributed by atoms with Gasteiger partial charge in [0.25, 0.3) is 0 Å². The highest BCUT2D eigenvalue weighted by atomic mass is 35.5. The van der Waals surface area contributed by atoms with Gasteiger partial charge in [-0.2, -0.15) is 4.98 Å². The lowest BCUT2D eigenvalue weighted by Crippen LogP contribution is -2.30. The van der Waals surface area contributed by atoms with Crippen molar-refractivity contribution in [2.24, 2.45) is 5.73 Å². The van der Waals surface area contributed by atoms with Gasteiger partial charge in [-0.25, -0.2) is 4.98 Å². The molecule has 1 rings (SSSR count). The molecule has 15 heavy (non-hydrogen) atoms. The number of aromatic nitrogens is 2.